The van der Waals surface area contributed by atoms with E-state index in [2.05, 4.69) is 0 Å². The molecule has 0 saturated heterocycles. The lowest BCUT2D eigenvalue weighted by Gasteiger charge is -2.08. The third-order valence-corrected chi connectivity index (χ3v) is 2.92. The number of hydrogen-bond acceptors (Lipinski definition) is 3. The standard InChI is InChI=1S/C16H18FNO2/c1-19-7-6-12-2-4-15(5-3-12)20-16-9-13(11-18)8-14(17)10-16/h2-5,8-10H,6-7,11,18H2,1H3. The molecular formula is C16H18FNO2. The lowest BCUT2D eigenvalue weighted by atomic mass is 10.1. The first-order valence-corrected chi connectivity index (χ1v) is 6.46. The van der Waals surface area contributed by atoms with Gasteiger partial charge in [0.15, 0.2) is 0 Å². The highest BCUT2D eigenvalue weighted by Crippen LogP contribution is 2.24. The first kappa shape index (κ1) is 14.5. The maximum atomic E-state index is 13.4. The largest absolute Gasteiger partial charge is 0.457 e. The van der Waals surface area contributed by atoms with Gasteiger partial charge >= 0.3 is 0 Å². The zero-order valence-corrected chi connectivity index (χ0v) is 11.4. The van der Waals surface area contributed by atoms with Crippen molar-refractivity contribution < 1.29 is 13.9 Å². The van der Waals surface area contributed by atoms with Crippen LogP contribution in [0.1, 0.15) is 11.1 Å². The van der Waals surface area contributed by atoms with Crippen LogP contribution in [0.2, 0.25) is 0 Å². The monoisotopic (exact) mass is 275 g/mol. The van der Waals surface area contributed by atoms with Gasteiger partial charge in [-0.1, -0.05) is 12.1 Å². The Kier molecular flexibility index (Phi) is 5.09. The van der Waals surface area contributed by atoms with Crippen LogP contribution >= 0.6 is 0 Å². The van der Waals surface area contributed by atoms with E-state index in [4.69, 9.17) is 15.2 Å². The van der Waals surface area contributed by atoms with Crippen molar-refractivity contribution in [2.45, 2.75) is 13.0 Å². The SMILES string of the molecule is COCCc1ccc(Oc2cc(F)cc(CN)c2)cc1. The Morgan fingerprint density at radius 1 is 1.00 bits per heavy atom. The third-order valence-electron chi connectivity index (χ3n) is 2.92. The summed E-state index contributed by atoms with van der Waals surface area (Å²) in [4.78, 5) is 0. The van der Waals surface area contributed by atoms with Crippen LogP contribution in [0.15, 0.2) is 42.5 Å². The molecule has 0 heterocycles. The molecule has 2 N–H and O–H groups in total. The summed E-state index contributed by atoms with van der Waals surface area (Å²) < 4.78 is 24.0. The van der Waals surface area contributed by atoms with Crippen molar-refractivity contribution in [1.82, 2.24) is 0 Å². The van der Waals surface area contributed by atoms with E-state index in [0.717, 1.165) is 6.42 Å². The van der Waals surface area contributed by atoms with Gasteiger partial charge in [-0.2, -0.15) is 0 Å². The van der Waals surface area contributed by atoms with Gasteiger partial charge in [-0.3, -0.25) is 0 Å². The summed E-state index contributed by atoms with van der Waals surface area (Å²) in [5.41, 5.74) is 7.39. The number of hydrogen-bond donors (Lipinski definition) is 1. The van der Waals surface area contributed by atoms with Crippen LogP contribution in [-0.4, -0.2) is 13.7 Å². The molecule has 0 amide bonds. The van der Waals surface area contributed by atoms with Gasteiger partial charge in [0.05, 0.1) is 6.61 Å². The fraction of sp³-hybridized carbons (Fsp3) is 0.250. The highest BCUT2D eigenvalue weighted by atomic mass is 19.1. The van der Waals surface area contributed by atoms with Crippen molar-refractivity contribution >= 4 is 0 Å². The Morgan fingerprint density at radius 2 is 1.75 bits per heavy atom. The topological polar surface area (TPSA) is 44.5 Å². The molecule has 0 aliphatic rings. The molecule has 0 aromatic heterocycles. The molecular weight excluding hydrogens is 257 g/mol. The minimum absolute atomic E-state index is 0.282. The Balaban J connectivity index is 2.07. The maximum Gasteiger partial charge on any atom is 0.130 e. The second kappa shape index (κ2) is 7.03. The van der Waals surface area contributed by atoms with E-state index in [1.165, 1.54) is 17.7 Å². The molecule has 0 fully saturated rings. The molecule has 3 nitrogen and oxygen atoms in total. The average molecular weight is 275 g/mol. The summed E-state index contributed by atoms with van der Waals surface area (Å²) in [5, 5.41) is 0. The molecule has 4 heteroatoms. The first-order chi connectivity index (χ1) is 9.71. The number of rotatable bonds is 6. The molecule has 0 aliphatic carbocycles. The highest BCUT2D eigenvalue weighted by Gasteiger charge is 2.03. The Bertz CT molecular complexity index is 555. The van der Waals surface area contributed by atoms with Crippen LogP contribution in [0.3, 0.4) is 0 Å². The van der Waals surface area contributed by atoms with Gasteiger partial charge in [-0.05, 0) is 41.8 Å². The molecule has 2 rings (SSSR count). The van der Waals surface area contributed by atoms with Crippen molar-refractivity contribution in [3.05, 3.63) is 59.4 Å². The summed E-state index contributed by atoms with van der Waals surface area (Å²) in [6.07, 6.45) is 0.855. The summed E-state index contributed by atoms with van der Waals surface area (Å²) in [5.74, 6) is 0.773. The van der Waals surface area contributed by atoms with Gasteiger partial charge < -0.3 is 15.2 Å². The molecule has 0 unspecified atom stereocenters. The highest BCUT2D eigenvalue weighted by molar-refractivity contribution is 5.35. The van der Waals surface area contributed by atoms with Crippen LogP contribution in [0.5, 0.6) is 11.5 Å². The predicted molar refractivity (Wildman–Crippen MR) is 76.4 cm³/mol. The lowest BCUT2D eigenvalue weighted by molar-refractivity contribution is 0.202. The smallest absolute Gasteiger partial charge is 0.130 e. The molecule has 0 bridgehead atoms. The van der Waals surface area contributed by atoms with Crippen LogP contribution < -0.4 is 10.5 Å². The van der Waals surface area contributed by atoms with E-state index < -0.39 is 0 Å². The molecule has 0 aliphatic heterocycles. The molecule has 106 valence electrons. The van der Waals surface area contributed by atoms with Gasteiger partial charge in [-0.25, -0.2) is 4.39 Å². The number of halogens is 1. The Hall–Kier alpha value is -1.91. The zero-order chi connectivity index (χ0) is 14.4. The van der Waals surface area contributed by atoms with Gasteiger partial charge in [0.1, 0.15) is 17.3 Å². The van der Waals surface area contributed by atoms with Crippen molar-refractivity contribution in [2.75, 3.05) is 13.7 Å². The maximum absolute atomic E-state index is 13.4. The summed E-state index contributed by atoms with van der Waals surface area (Å²) in [6.45, 7) is 0.966. The van der Waals surface area contributed by atoms with Gasteiger partial charge in [-0.15, -0.1) is 0 Å². The first-order valence-electron chi connectivity index (χ1n) is 6.46. The van der Waals surface area contributed by atoms with E-state index in [9.17, 15) is 4.39 Å². The number of methoxy groups -OCH3 is 1. The predicted octanol–water partition coefficient (Wildman–Crippen LogP) is 3.27. The van der Waals surface area contributed by atoms with Gasteiger partial charge in [0.2, 0.25) is 0 Å². The van der Waals surface area contributed by atoms with Crippen LogP contribution in [0, 0.1) is 5.82 Å². The fourth-order valence-corrected chi connectivity index (χ4v) is 1.88. The normalized spacial score (nSPS) is 10.6. The van der Waals surface area contributed by atoms with E-state index in [-0.39, 0.29) is 12.4 Å². The van der Waals surface area contributed by atoms with Crippen molar-refractivity contribution in [3.8, 4) is 11.5 Å². The van der Waals surface area contributed by atoms with Crippen LogP contribution in [-0.2, 0) is 17.7 Å². The molecule has 0 atom stereocenters. The third kappa shape index (κ3) is 4.05. The van der Waals surface area contributed by atoms with E-state index >= 15 is 0 Å². The molecule has 0 saturated carbocycles. The van der Waals surface area contributed by atoms with Crippen LogP contribution in [0.4, 0.5) is 4.39 Å². The summed E-state index contributed by atoms with van der Waals surface area (Å²) in [7, 11) is 1.68. The molecule has 2 aromatic rings. The van der Waals surface area contributed by atoms with Crippen LogP contribution in [0.25, 0.3) is 0 Å². The molecule has 20 heavy (non-hydrogen) atoms. The lowest BCUT2D eigenvalue weighted by Crippen LogP contribution is -1.98. The number of ether oxygens (including phenoxy) is 2. The number of nitrogens with two attached hydrogens (primary N) is 1. The van der Waals surface area contributed by atoms with E-state index in [1.807, 2.05) is 24.3 Å². The average Bonchev–Trinajstić information content (AvgIpc) is 2.46. The number of benzene rings is 2. The fourth-order valence-electron chi connectivity index (χ4n) is 1.88. The Morgan fingerprint density at radius 3 is 2.40 bits per heavy atom. The van der Waals surface area contributed by atoms with Gasteiger partial charge in [0.25, 0.3) is 0 Å². The minimum atomic E-state index is -0.348. The second-order valence-corrected chi connectivity index (χ2v) is 4.49. The molecule has 0 radical (unpaired) electrons. The Labute approximate surface area is 118 Å². The molecule has 2 aromatic carbocycles. The van der Waals surface area contributed by atoms with Crippen molar-refractivity contribution in [1.29, 1.82) is 0 Å². The van der Waals surface area contributed by atoms with E-state index in [1.54, 1.807) is 13.2 Å². The molecule has 0 spiro atoms. The van der Waals surface area contributed by atoms with Crippen molar-refractivity contribution in [2.24, 2.45) is 5.73 Å². The van der Waals surface area contributed by atoms with Gasteiger partial charge in [0, 0.05) is 19.7 Å². The quantitative estimate of drug-likeness (QED) is 0.880. The van der Waals surface area contributed by atoms with E-state index in [0.29, 0.717) is 23.7 Å². The second-order valence-electron chi connectivity index (χ2n) is 4.49. The zero-order valence-electron chi connectivity index (χ0n) is 11.4. The summed E-state index contributed by atoms with van der Waals surface area (Å²) >= 11 is 0. The van der Waals surface area contributed by atoms with Crippen molar-refractivity contribution in [3.63, 3.8) is 0 Å². The minimum Gasteiger partial charge on any atom is -0.457 e. The summed E-state index contributed by atoms with van der Waals surface area (Å²) in [6, 6.07) is 12.1.